The number of esters is 1. The van der Waals surface area contributed by atoms with Gasteiger partial charge in [0.05, 0.1) is 31.9 Å². The minimum Gasteiger partial charge on any atom is -0.497 e. The predicted octanol–water partition coefficient (Wildman–Crippen LogP) is 5.14. The van der Waals surface area contributed by atoms with Crippen molar-refractivity contribution in [3.8, 4) is 5.75 Å². The van der Waals surface area contributed by atoms with E-state index in [0.29, 0.717) is 17.7 Å². The summed E-state index contributed by atoms with van der Waals surface area (Å²) in [6, 6.07) is 6.75. The Labute approximate surface area is 175 Å². The number of carbonyl (C=O) groups is 1. The van der Waals surface area contributed by atoms with Crippen LogP contribution in [0.25, 0.3) is 0 Å². The number of hydrogen-bond acceptors (Lipinski definition) is 4. The van der Waals surface area contributed by atoms with Crippen LogP contribution in [0, 0.1) is 0 Å². The molecule has 1 heterocycles. The number of halogens is 3. The van der Waals surface area contributed by atoms with Crippen LogP contribution in [-0.4, -0.2) is 29.0 Å². The summed E-state index contributed by atoms with van der Waals surface area (Å²) >= 11 is 0. The second kappa shape index (κ2) is 9.10. The number of methoxy groups -OCH3 is 1. The number of benzene rings is 1. The van der Waals surface area contributed by atoms with E-state index >= 15 is 0 Å². The quantitative estimate of drug-likeness (QED) is 0.549. The number of aromatic nitrogens is 2. The molecule has 30 heavy (non-hydrogen) atoms. The summed E-state index contributed by atoms with van der Waals surface area (Å²) in [6.07, 6.45) is -4.84. The van der Waals surface area contributed by atoms with Crippen molar-refractivity contribution < 1.29 is 27.4 Å². The van der Waals surface area contributed by atoms with Crippen molar-refractivity contribution in [1.29, 1.82) is 0 Å². The molecule has 0 fully saturated rings. The molecule has 0 saturated heterocycles. The van der Waals surface area contributed by atoms with Crippen LogP contribution in [0.2, 0.25) is 0 Å². The summed E-state index contributed by atoms with van der Waals surface area (Å²) in [5.41, 5.74) is -0.852. The first-order chi connectivity index (χ1) is 13.9. The molecule has 0 aliphatic carbocycles. The molecule has 0 radical (unpaired) electrons. The molecule has 2 aromatic rings. The smallest absolute Gasteiger partial charge is 0.433 e. The molecule has 0 spiro atoms. The Hall–Kier alpha value is -2.51. The normalized spacial score (nSPS) is 12.3. The first kappa shape index (κ1) is 23.8. The van der Waals surface area contributed by atoms with Gasteiger partial charge in [-0.15, -0.1) is 0 Å². The topological polar surface area (TPSA) is 53.3 Å². The number of hydrogen-bond donors (Lipinski definition) is 0. The minimum absolute atomic E-state index is 0.0479. The number of rotatable bonds is 8. The second-order valence-electron chi connectivity index (χ2n) is 8.13. The Balaban J connectivity index is 2.59. The number of ether oxygens (including phenoxy) is 2. The van der Waals surface area contributed by atoms with Crippen molar-refractivity contribution in [2.45, 2.75) is 71.7 Å². The lowest BCUT2D eigenvalue weighted by Crippen LogP contribution is -2.25. The monoisotopic (exact) mass is 426 g/mol. The molecule has 0 saturated carbocycles. The predicted molar refractivity (Wildman–Crippen MR) is 108 cm³/mol. The highest BCUT2D eigenvalue weighted by atomic mass is 19.4. The van der Waals surface area contributed by atoms with Gasteiger partial charge in [-0.1, -0.05) is 32.9 Å². The van der Waals surface area contributed by atoms with Gasteiger partial charge >= 0.3 is 12.1 Å². The van der Waals surface area contributed by atoms with Crippen LogP contribution < -0.4 is 4.74 Å². The van der Waals surface area contributed by atoms with Gasteiger partial charge in [0.1, 0.15) is 11.4 Å². The highest BCUT2D eigenvalue weighted by Crippen LogP contribution is 2.41. The van der Waals surface area contributed by atoms with Crippen LogP contribution in [0.1, 0.15) is 63.6 Å². The summed E-state index contributed by atoms with van der Waals surface area (Å²) in [5.74, 6) is 0.0150. The van der Waals surface area contributed by atoms with Gasteiger partial charge in [-0.3, -0.25) is 9.48 Å². The van der Waals surface area contributed by atoms with Crippen LogP contribution >= 0.6 is 0 Å². The molecule has 8 heteroatoms. The van der Waals surface area contributed by atoms with E-state index in [-0.39, 0.29) is 30.3 Å². The molecule has 166 valence electrons. The third-order valence-electron chi connectivity index (χ3n) is 5.02. The number of nitrogens with zero attached hydrogens (tertiary/aromatic N) is 2. The van der Waals surface area contributed by atoms with Crippen molar-refractivity contribution in [2.75, 3.05) is 7.11 Å². The maximum absolute atomic E-state index is 14.2. The molecule has 0 bridgehead atoms. The molecule has 0 amide bonds. The van der Waals surface area contributed by atoms with Crippen molar-refractivity contribution in [3.63, 3.8) is 0 Å². The first-order valence-electron chi connectivity index (χ1n) is 9.88. The van der Waals surface area contributed by atoms with Gasteiger partial charge in [-0.2, -0.15) is 18.3 Å². The van der Waals surface area contributed by atoms with Crippen LogP contribution in [0.3, 0.4) is 0 Å². The summed E-state index contributed by atoms with van der Waals surface area (Å²) in [7, 11) is 1.52. The zero-order chi connectivity index (χ0) is 22.7. The molecular formula is C22H29F3N2O3. The summed E-state index contributed by atoms with van der Waals surface area (Å²) < 4.78 is 53.7. The molecule has 0 aliphatic heterocycles. The van der Waals surface area contributed by atoms with E-state index in [1.807, 2.05) is 6.92 Å². The molecule has 1 aromatic heterocycles. The SMILES string of the molecule is CCC(C)(C)c1c(CC(=O)OC(C)C)nn(Cc2ccc(OC)cc2)c1C(F)(F)F. The fourth-order valence-electron chi connectivity index (χ4n) is 3.27. The van der Waals surface area contributed by atoms with Gasteiger partial charge in [0.25, 0.3) is 0 Å². The molecule has 2 rings (SSSR count). The van der Waals surface area contributed by atoms with Crippen LogP contribution in [0.4, 0.5) is 13.2 Å². The van der Waals surface area contributed by atoms with Crippen molar-refractivity contribution in [2.24, 2.45) is 0 Å². The molecule has 1 aromatic carbocycles. The average molecular weight is 426 g/mol. The van der Waals surface area contributed by atoms with Gasteiger partial charge in [0.2, 0.25) is 0 Å². The Morgan fingerprint density at radius 2 is 1.77 bits per heavy atom. The lowest BCUT2D eigenvalue weighted by atomic mass is 9.80. The average Bonchev–Trinajstić information content (AvgIpc) is 3.00. The molecular weight excluding hydrogens is 397 g/mol. The molecule has 0 aliphatic rings. The van der Waals surface area contributed by atoms with E-state index in [2.05, 4.69) is 5.10 Å². The largest absolute Gasteiger partial charge is 0.497 e. The zero-order valence-electron chi connectivity index (χ0n) is 18.3. The Bertz CT molecular complexity index is 869. The van der Waals surface area contributed by atoms with E-state index < -0.39 is 23.3 Å². The molecule has 0 unspecified atom stereocenters. The molecule has 5 nitrogen and oxygen atoms in total. The van der Waals surface area contributed by atoms with Gasteiger partial charge in [-0.25, -0.2) is 0 Å². The molecule has 0 atom stereocenters. The third-order valence-corrected chi connectivity index (χ3v) is 5.02. The minimum atomic E-state index is -4.62. The van der Waals surface area contributed by atoms with Crippen molar-refractivity contribution in [3.05, 3.63) is 46.8 Å². The van der Waals surface area contributed by atoms with E-state index in [1.165, 1.54) is 7.11 Å². The highest BCUT2D eigenvalue weighted by molar-refractivity contribution is 5.73. The fraction of sp³-hybridized carbons (Fsp3) is 0.545. The molecule has 0 N–H and O–H groups in total. The van der Waals surface area contributed by atoms with E-state index in [4.69, 9.17) is 9.47 Å². The van der Waals surface area contributed by atoms with E-state index in [9.17, 15) is 18.0 Å². The summed E-state index contributed by atoms with van der Waals surface area (Å²) in [4.78, 5) is 12.2. The van der Waals surface area contributed by atoms with Crippen molar-refractivity contribution in [1.82, 2.24) is 9.78 Å². The Kier molecular flexibility index (Phi) is 7.21. The zero-order valence-corrected chi connectivity index (χ0v) is 18.3. The lowest BCUT2D eigenvalue weighted by Gasteiger charge is -2.26. The summed E-state index contributed by atoms with van der Waals surface area (Å²) in [5, 5.41) is 4.24. The van der Waals surface area contributed by atoms with Gasteiger partial charge in [0.15, 0.2) is 0 Å². The number of alkyl halides is 3. The van der Waals surface area contributed by atoms with Crippen molar-refractivity contribution >= 4 is 5.97 Å². The second-order valence-corrected chi connectivity index (χ2v) is 8.13. The Morgan fingerprint density at radius 1 is 1.17 bits per heavy atom. The first-order valence-corrected chi connectivity index (χ1v) is 9.88. The van der Waals surface area contributed by atoms with Crippen LogP contribution in [0.15, 0.2) is 24.3 Å². The highest BCUT2D eigenvalue weighted by Gasteiger charge is 2.44. The maximum Gasteiger partial charge on any atom is 0.433 e. The summed E-state index contributed by atoms with van der Waals surface area (Å²) in [6.45, 7) is 8.58. The van der Waals surface area contributed by atoms with E-state index in [0.717, 1.165) is 4.68 Å². The number of carbonyl (C=O) groups excluding carboxylic acids is 1. The van der Waals surface area contributed by atoms with Gasteiger partial charge in [-0.05, 0) is 43.4 Å². The van der Waals surface area contributed by atoms with Crippen LogP contribution in [0.5, 0.6) is 5.75 Å². The fourth-order valence-corrected chi connectivity index (χ4v) is 3.27. The standard InChI is InChI=1S/C22H29F3N2O3/c1-7-21(4,5)19-17(12-18(28)30-14(2)3)26-27(20(19)22(23,24)25)13-15-8-10-16(29-6)11-9-15/h8-11,14H,7,12-13H2,1-6H3. The third kappa shape index (κ3) is 5.55. The van der Waals surface area contributed by atoms with Gasteiger partial charge in [0, 0.05) is 5.56 Å². The van der Waals surface area contributed by atoms with Crippen LogP contribution in [-0.2, 0) is 34.1 Å². The van der Waals surface area contributed by atoms with Gasteiger partial charge < -0.3 is 9.47 Å². The lowest BCUT2D eigenvalue weighted by molar-refractivity contribution is -0.147. The van der Waals surface area contributed by atoms with E-state index in [1.54, 1.807) is 52.0 Å². The Morgan fingerprint density at radius 3 is 2.23 bits per heavy atom. The maximum atomic E-state index is 14.2.